The third-order valence-corrected chi connectivity index (χ3v) is 7.57. The highest BCUT2D eigenvalue weighted by atomic mass is 32.2. The molecule has 0 unspecified atom stereocenters. The molecule has 0 saturated carbocycles. The Hall–Kier alpha value is -2.95. The smallest absolute Gasteiger partial charge is 0.388 e. The lowest BCUT2D eigenvalue weighted by atomic mass is 9.86. The number of sulfone groups is 1. The molecular weight excluding hydrogens is 442 g/mol. The lowest BCUT2D eigenvalue weighted by molar-refractivity contribution is -0.0528. The SMILES string of the molecule is CC(C)n1nc(-c2ccnc(OC(F)F)c2)c2ncc(C(=O)CC3(C)CS(=O)(=O)C3)cc21. The number of fused-ring (bicyclic) bond motifs is 1. The molecule has 32 heavy (non-hydrogen) atoms. The van der Waals surface area contributed by atoms with Gasteiger partial charge < -0.3 is 4.74 Å². The van der Waals surface area contributed by atoms with Gasteiger partial charge in [0.25, 0.3) is 0 Å². The van der Waals surface area contributed by atoms with E-state index in [4.69, 9.17) is 0 Å². The summed E-state index contributed by atoms with van der Waals surface area (Å²) in [7, 11) is -3.05. The van der Waals surface area contributed by atoms with Crippen LogP contribution >= 0.6 is 0 Å². The monoisotopic (exact) mass is 464 g/mol. The van der Waals surface area contributed by atoms with Crippen LogP contribution in [0.4, 0.5) is 8.78 Å². The normalized spacial score (nSPS) is 17.0. The van der Waals surface area contributed by atoms with Crippen LogP contribution in [0.5, 0.6) is 5.88 Å². The fourth-order valence-electron chi connectivity index (χ4n) is 4.08. The molecule has 0 amide bonds. The zero-order valence-electron chi connectivity index (χ0n) is 17.7. The lowest BCUT2D eigenvalue weighted by Crippen LogP contribution is -2.47. The fourth-order valence-corrected chi connectivity index (χ4v) is 6.33. The number of hydrogen-bond acceptors (Lipinski definition) is 7. The van der Waals surface area contributed by atoms with Gasteiger partial charge in [-0.15, -0.1) is 0 Å². The number of ether oxygens (including phenoxy) is 1. The number of aromatic nitrogens is 4. The van der Waals surface area contributed by atoms with Crippen molar-refractivity contribution >= 4 is 26.7 Å². The van der Waals surface area contributed by atoms with E-state index in [-0.39, 0.29) is 35.6 Å². The summed E-state index contributed by atoms with van der Waals surface area (Å²) in [4.78, 5) is 21.1. The van der Waals surface area contributed by atoms with Crippen molar-refractivity contribution < 1.29 is 26.7 Å². The molecule has 3 aromatic rings. The number of Topliss-reactive ketones (excluding diaryl/α,β-unsaturated/α-hetero) is 1. The van der Waals surface area contributed by atoms with Gasteiger partial charge in [0.2, 0.25) is 5.88 Å². The van der Waals surface area contributed by atoms with Crippen molar-refractivity contribution in [3.8, 4) is 17.1 Å². The molecule has 1 saturated heterocycles. The number of pyridine rings is 2. The van der Waals surface area contributed by atoms with Crippen molar-refractivity contribution in [2.24, 2.45) is 5.41 Å². The minimum atomic E-state index is -3.05. The van der Waals surface area contributed by atoms with E-state index in [1.807, 2.05) is 13.8 Å². The first-order valence-electron chi connectivity index (χ1n) is 9.99. The molecule has 4 heterocycles. The van der Waals surface area contributed by atoms with Crippen LogP contribution in [0.3, 0.4) is 0 Å². The minimum Gasteiger partial charge on any atom is -0.417 e. The number of nitrogens with zero attached hydrogens (tertiary/aromatic N) is 4. The summed E-state index contributed by atoms with van der Waals surface area (Å²) in [5.74, 6) is -0.423. The Morgan fingerprint density at radius 2 is 1.97 bits per heavy atom. The van der Waals surface area contributed by atoms with Gasteiger partial charge in [-0.1, -0.05) is 6.92 Å². The Morgan fingerprint density at radius 1 is 1.25 bits per heavy atom. The molecule has 4 rings (SSSR count). The molecule has 11 heteroatoms. The minimum absolute atomic E-state index is 0.000547. The number of rotatable bonds is 7. The Labute approximate surface area is 183 Å². The first-order valence-corrected chi connectivity index (χ1v) is 11.8. The average Bonchev–Trinajstić information content (AvgIpc) is 3.05. The maximum atomic E-state index is 12.9. The molecule has 0 aliphatic carbocycles. The number of alkyl halides is 2. The largest absolute Gasteiger partial charge is 0.417 e. The summed E-state index contributed by atoms with van der Waals surface area (Å²) in [5, 5.41) is 4.59. The number of carbonyl (C=O) groups excluding carboxylic acids is 1. The van der Waals surface area contributed by atoms with Gasteiger partial charge in [-0.3, -0.25) is 14.5 Å². The molecule has 170 valence electrons. The molecule has 0 N–H and O–H groups in total. The van der Waals surface area contributed by atoms with Crippen molar-refractivity contribution in [3.63, 3.8) is 0 Å². The van der Waals surface area contributed by atoms with E-state index in [9.17, 15) is 22.0 Å². The van der Waals surface area contributed by atoms with Crippen molar-refractivity contribution in [1.82, 2.24) is 19.7 Å². The second kappa shape index (κ2) is 7.88. The van der Waals surface area contributed by atoms with Crippen LogP contribution in [-0.2, 0) is 9.84 Å². The summed E-state index contributed by atoms with van der Waals surface area (Å²) < 4.78 is 54.3. The highest BCUT2D eigenvalue weighted by molar-refractivity contribution is 7.92. The standard InChI is InChI=1S/C21H22F2N4O4S/c1-12(2)27-15-6-14(16(28)8-21(3)10-32(29,30)11-21)9-25-19(15)18(26-27)13-4-5-24-17(7-13)31-20(22)23/h4-7,9,12,20H,8,10-11H2,1-3H3. The predicted molar refractivity (Wildman–Crippen MR) is 113 cm³/mol. The summed E-state index contributed by atoms with van der Waals surface area (Å²) >= 11 is 0. The Balaban J connectivity index is 1.71. The van der Waals surface area contributed by atoms with Crippen LogP contribution < -0.4 is 4.74 Å². The maximum Gasteiger partial charge on any atom is 0.388 e. The molecule has 8 nitrogen and oxygen atoms in total. The third kappa shape index (κ3) is 4.34. The zero-order chi connectivity index (χ0) is 23.3. The van der Waals surface area contributed by atoms with Gasteiger partial charge in [0.05, 0.1) is 17.0 Å². The predicted octanol–water partition coefficient (Wildman–Crippen LogP) is 3.68. The number of halogens is 2. The molecule has 1 fully saturated rings. The highest BCUT2D eigenvalue weighted by Gasteiger charge is 2.45. The van der Waals surface area contributed by atoms with Crippen LogP contribution in [-0.4, -0.2) is 52.1 Å². The van der Waals surface area contributed by atoms with Gasteiger partial charge in [-0.05, 0) is 26.0 Å². The van der Waals surface area contributed by atoms with E-state index in [0.29, 0.717) is 27.9 Å². The number of carbonyl (C=O) groups is 1. The van der Waals surface area contributed by atoms with Crippen LogP contribution in [0, 0.1) is 5.41 Å². The highest BCUT2D eigenvalue weighted by Crippen LogP contribution is 2.37. The maximum absolute atomic E-state index is 12.9. The number of hydrogen-bond donors (Lipinski definition) is 0. The molecular formula is C21H22F2N4O4S. The van der Waals surface area contributed by atoms with Crippen LogP contribution in [0.2, 0.25) is 0 Å². The Bertz CT molecular complexity index is 1290. The molecule has 0 atom stereocenters. The van der Waals surface area contributed by atoms with E-state index < -0.39 is 21.9 Å². The van der Waals surface area contributed by atoms with Crippen LogP contribution in [0.25, 0.3) is 22.3 Å². The molecule has 1 aliphatic heterocycles. The van der Waals surface area contributed by atoms with E-state index in [0.717, 1.165) is 0 Å². The molecule has 0 bridgehead atoms. The van der Waals surface area contributed by atoms with Gasteiger partial charge in [0.1, 0.15) is 11.2 Å². The van der Waals surface area contributed by atoms with E-state index >= 15 is 0 Å². The van der Waals surface area contributed by atoms with Crippen molar-refractivity contribution in [1.29, 1.82) is 0 Å². The van der Waals surface area contributed by atoms with Crippen molar-refractivity contribution in [3.05, 3.63) is 36.2 Å². The Kier molecular flexibility index (Phi) is 5.48. The van der Waals surface area contributed by atoms with E-state index in [1.54, 1.807) is 23.7 Å². The lowest BCUT2D eigenvalue weighted by Gasteiger charge is -2.37. The quantitative estimate of drug-likeness (QED) is 0.491. The molecule has 0 radical (unpaired) electrons. The zero-order valence-corrected chi connectivity index (χ0v) is 18.6. The summed E-state index contributed by atoms with van der Waals surface area (Å²) in [6, 6.07) is 4.60. The van der Waals surface area contributed by atoms with Gasteiger partial charge >= 0.3 is 6.61 Å². The van der Waals surface area contributed by atoms with Crippen LogP contribution in [0.15, 0.2) is 30.6 Å². The fraction of sp³-hybridized carbons (Fsp3) is 0.429. The first-order chi connectivity index (χ1) is 15.0. The molecule has 0 spiro atoms. The van der Waals surface area contributed by atoms with E-state index in [2.05, 4.69) is 19.8 Å². The molecule has 0 aromatic carbocycles. The molecule has 1 aliphatic rings. The van der Waals surface area contributed by atoms with Crippen molar-refractivity contribution in [2.45, 2.75) is 39.8 Å². The van der Waals surface area contributed by atoms with Gasteiger partial charge in [0, 0.05) is 47.5 Å². The topological polar surface area (TPSA) is 104 Å². The van der Waals surface area contributed by atoms with Gasteiger partial charge in [-0.25, -0.2) is 13.4 Å². The summed E-state index contributed by atoms with van der Waals surface area (Å²) in [5.41, 5.74) is 1.87. The first kappa shape index (κ1) is 22.3. The average molecular weight is 464 g/mol. The second-order valence-electron chi connectivity index (χ2n) is 8.68. The summed E-state index contributed by atoms with van der Waals surface area (Å²) in [6.45, 7) is 2.63. The van der Waals surface area contributed by atoms with Gasteiger partial charge in [0.15, 0.2) is 15.6 Å². The summed E-state index contributed by atoms with van der Waals surface area (Å²) in [6.07, 6.45) is 2.90. The Morgan fingerprint density at radius 3 is 2.59 bits per heavy atom. The second-order valence-corrected chi connectivity index (χ2v) is 10.7. The van der Waals surface area contributed by atoms with E-state index in [1.165, 1.54) is 18.5 Å². The van der Waals surface area contributed by atoms with Gasteiger partial charge in [-0.2, -0.15) is 13.9 Å². The molecule has 3 aromatic heterocycles. The number of ketones is 1. The third-order valence-electron chi connectivity index (χ3n) is 5.30. The van der Waals surface area contributed by atoms with Crippen molar-refractivity contribution in [2.75, 3.05) is 11.5 Å². The van der Waals surface area contributed by atoms with Crippen LogP contribution in [0.1, 0.15) is 43.6 Å².